The predicted octanol–water partition coefficient (Wildman–Crippen LogP) is 11.6. The molecule has 2 heterocycles. The molecule has 2 aromatic heterocycles. The summed E-state index contributed by atoms with van der Waals surface area (Å²) in [5, 5.41) is 6.05. The number of nitrogens with zero attached hydrogens (tertiary/aromatic N) is 3. The van der Waals surface area contributed by atoms with Gasteiger partial charge in [0.1, 0.15) is 0 Å². The SMILES string of the molecule is c1ccc(N(c2ccc(-n3c4ccccc4c4ccccc43)cc2)c2ccc3ccc(-c4ccc5ccccc5n4)cc3c2)cc1. The zero-order valence-corrected chi connectivity index (χ0v) is 25.1. The monoisotopic (exact) mass is 587 g/mol. The molecule has 9 rings (SSSR count). The van der Waals surface area contributed by atoms with Gasteiger partial charge >= 0.3 is 0 Å². The summed E-state index contributed by atoms with van der Waals surface area (Å²) in [4.78, 5) is 7.29. The highest BCUT2D eigenvalue weighted by Crippen LogP contribution is 2.38. The van der Waals surface area contributed by atoms with Crippen molar-refractivity contribution in [2.45, 2.75) is 0 Å². The van der Waals surface area contributed by atoms with E-state index in [4.69, 9.17) is 4.98 Å². The van der Waals surface area contributed by atoms with Crippen molar-refractivity contribution in [3.05, 3.63) is 176 Å². The molecule has 46 heavy (non-hydrogen) atoms. The van der Waals surface area contributed by atoms with Gasteiger partial charge < -0.3 is 9.47 Å². The number of rotatable bonds is 5. The highest BCUT2D eigenvalue weighted by molar-refractivity contribution is 6.09. The number of para-hydroxylation sites is 4. The quantitative estimate of drug-likeness (QED) is 0.200. The molecule has 9 aromatic rings. The minimum absolute atomic E-state index is 0.978. The molecule has 0 fully saturated rings. The molecule has 216 valence electrons. The number of hydrogen-bond donors (Lipinski definition) is 0. The zero-order chi connectivity index (χ0) is 30.5. The Bertz CT molecular complexity index is 2470. The number of pyridine rings is 1. The highest BCUT2D eigenvalue weighted by atomic mass is 15.1. The maximum Gasteiger partial charge on any atom is 0.0709 e. The van der Waals surface area contributed by atoms with Gasteiger partial charge in [-0.15, -0.1) is 0 Å². The van der Waals surface area contributed by atoms with Crippen LogP contribution >= 0.6 is 0 Å². The average molecular weight is 588 g/mol. The second-order valence-corrected chi connectivity index (χ2v) is 11.7. The van der Waals surface area contributed by atoms with E-state index in [-0.39, 0.29) is 0 Å². The lowest BCUT2D eigenvalue weighted by Gasteiger charge is -2.26. The van der Waals surface area contributed by atoms with E-state index >= 15 is 0 Å². The summed E-state index contributed by atoms with van der Waals surface area (Å²) < 4.78 is 2.36. The Balaban J connectivity index is 1.15. The minimum Gasteiger partial charge on any atom is -0.310 e. The van der Waals surface area contributed by atoms with Gasteiger partial charge in [0.2, 0.25) is 0 Å². The van der Waals surface area contributed by atoms with Crippen molar-refractivity contribution in [2.75, 3.05) is 4.90 Å². The van der Waals surface area contributed by atoms with Gasteiger partial charge in [-0.05, 0) is 89.6 Å². The van der Waals surface area contributed by atoms with Gasteiger partial charge in [-0.2, -0.15) is 0 Å². The molecule has 0 spiro atoms. The van der Waals surface area contributed by atoms with Crippen LogP contribution in [0.2, 0.25) is 0 Å². The molecule has 0 saturated heterocycles. The van der Waals surface area contributed by atoms with Crippen LogP contribution in [0.3, 0.4) is 0 Å². The second kappa shape index (κ2) is 10.8. The van der Waals surface area contributed by atoms with Crippen LogP contribution < -0.4 is 4.90 Å². The standard InChI is InChI=1S/C43H29N3/c1-2-11-34(12-3-1)45(35-23-25-36(26-24-35)46-42-16-8-5-13-38(42)39-14-6-9-17-43(39)46)37-22-20-30-18-19-32(28-33(30)29-37)41-27-21-31-10-4-7-15-40(31)44-41/h1-29H. The Hall–Kier alpha value is -6.19. The molecule has 0 N–H and O–H groups in total. The third-order valence-electron chi connectivity index (χ3n) is 8.94. The van der Waals surface area contributed by atoms with Crippen LogP contribution in [0.4, 0.5) is 17.1 Å². The van der Waals surface area contributed by atoms with E-state index in [0.29, 0.717) is 0 Å². The second-order valence-electron chi connectivity index (χ2n) is 11.7. The molecule has 0 saturated carbocycles. The highest BCUT2D eigenvalue weighted by Gasteiger charge is 2.15. The summed E-state index contributed by atoms with van der Waals surface area (Å²) in [6.45, 7) is 0. The Morgan fingerprint density at radius 1 is 0.413 bits per heavy atom. The molecule has 0 aliphatic carbocycles. The Morgan fingerprint density at radius 2 is 1.02 bits per heavy atom. The van der Waals surface area contributed by atoms with Gasteiger partial charge in [-0.25, -0.2) is 4.98 Å². The first-order valence-electron chi connectivity index (χ1n) is 15.6. The van der Waals surface area contributed by atoms with E-state index in [1.807, 2.05) is 6.07 Å². The molecule has 0 aliphatic heterocycles. The minimum atomic E-state index is 0.978. The topological polar surface area (TPSA) is 21.1 Å². The number of hydrogen-bond acceptors (Lipinski definition) is 2. The molecule has 0 amide bonds. The van der Waals surface area contributed by atoms with Gasteiger partial charge in [0, 0.05) is 44.5 Å². The molecule has 7 aromatic carbocycles. The number of aromatic nitrogens is 2. The summed E-state index contributed by atoms with van der Waals surface area (Å²) in [7, 11) is 0. The number of benzene rings is 7. The predicted molar refractivity (Wildman–Crippen MR) is 194 cm³/mol. The molecule has 0 atom stereocenters. The fourth-order valence-electron chi connectivity index (χ4n) is 6.74. The van der Waals surface area contributed by atoms with Gasteiger partial charge in [0.15, 0.2) is 0 Å². The van der Waals surface area contributed by atoms with Crippen molar-refractivity contribution < 1.29 is 0 Å². The van der Waals surface area contributed by atoms with Gasteiger partial charge in [0.25, 0.3) is 0 Å². The van der Waals surface area contributed by atoms with Crippen LogP contribution in [0.25, 0.3) is 60.4 Å². The van der Waals surface area contributed by atoms with Crippen molar-refractivity contribution >= 4 is 60.5 Å². The van der Waals surface area contributed by atoms with Crippen LogP contribution in [-0.4, -0.2) is 9.55 Å². The van der Waals surface area contributed by atoms with E-state index in [1.54, 1.807) is 0 Å². The fraction of sp³-hybridized carbons (Fsp3) is 0. The van der Waals surface area contributed by atoms with Crippen LogP contribution in [0, 0.1) is 0 Å². The average Bonchev–Trinajstić information content (AvgIpc) is 3.46. The Kier molecular flexibility index (Phi) is 6.14. The van der Waals surface area contributed by atoms with Crippen molar-refractivity contribution in [3.8, 4) is 16.9 Å². The first-order chi connectivity index (χ1) is 22.8. The molecule has 3 heteroatoms. The maximum atomic E-state index is 4.96. The van der Waals surface area contributed by atoms with E-state index in [9.17, 15) is 0 Å². The first-order valence-corrected chi connectivity index (χ1v) is 15.6. The van der Waals surface area contributed by atoms with Crippen molar-refractivity contribution in [1.82, 2.24) is 9.55 Å². The van der Waals surface area contributed by atoms with Crippen molar-refractivity contribution in [2.24, 2.45) is 0 Å². The number of anilines is 3. The molecule has 0 bridgehead atoms. The third kappa shape index (κ3) is 4.41. The first kappa shape index (κ1) is 26.2. The Morgan fingerprint density at radius 3 is 1.80 bits per heavy atom. The zero-order valence-electron chi connectivity index (χ0n) is 25.1. The summed E-state index contributed by atoms with van der Waals surface area (Å²) >= 11 is 0. The summed E-state index contributed by atoms with van der Waals surface area (Å²) in [5.41, 5.74) is 9.97. The van der Waals surface area contributed by atoms with E-state index in [2.05, 4.69) is 179 Å². The summed E-state index contributed by atoms with van der Waals surface area (Å²) in [6.07, 6.45) is 0. The maximum absolute atomic E-state index is 4.96. The molecular formula is C43H29N3. The van der Waals surface area contributed by atoms with Gasteiger partial charge in [-0.1, -0.05) is 97.1 Å². The molecule has 0 unspecified atom stereocenters. The summed E-state index contributed by atoms with van der Waals surface area (Å²) in [5.74, 6) is 0. The molecule has 3 nitrogen and oxygen atoms in total. The van der Waals surface area contributed by atoms with Crippen LogP contribution in [0.15, 0.2) is 176 Å². The van der Waals surface area contributed by atoms with Crippen molar-refractivity contribution in [3.63, 3.8) is 0 Å². The van der Waals surface area contributed by atoms with Crippen LogP contribution in [0.5, 0.6) is 0 Å². The fourth-order valence-corrected chi connectivity index (χ4v) is 6.74. The number of fused-ring (bicyclic) bond motifs is 5. The summed E-state index contributed by atoms with van der Waals surface area (Å²) in [6, 6.07) is 62.7. The van der Waals surface area contributed by atoms with Crippen molar-refractivity contribution in [1.29, 1.82) is 0 Å². The van der Waals surface area contributed by atoms with E-state index < -0.39 is 0 Å². The largest absolute Gasteiger partial charge is 0.310 e. The lowest BCUT2D eigenvalue weighted by Crippen LogP contribution is -2.10. The molecule has 0 radical (unpaired) electrons. The molecule has 0 aliphatic rings. The molecular weight excluding hydrogens is 558 g/mol. The van der Waals surface area contributed by atoms with E-state index in [0.717, 1.165) is 44.9 Å². The Labute approximate surface area is 267 Å². The lowest BCUT2D eigenvalue weighted by molar-refractivity contribution is 1.17. The van der Waals surface area contributed by atoms with Crippen LogP contribution in [-0.2, 0) is 0 Å². The third-order valence-corrected chi connectivity index (χ3v) is 8.94. The normalized spacial score (nSPS) is 11.5. The van der Waals surface area contributed by atoms with Gasteiger partial charge in [-0.3, -0.25) is 0 Å². The van der Waals surface area contributed by atoms with E-state index in [1.165, 1.54) is 32.6 Å². The lowest BCUT2D eigenvalue weighted by atomic mass is 10.0. The van der Waals surface area contributed by atoms with Gasteiger partial charge in [0.05, 0.1) is 22.2 Å². The smallest absolute Gasteiger partial charge is 0.0709 e. The van der Waals surface area contributed by atoms with Crippen LogP contribution in [0.1, 0.15) is 0 Å².